The molecular formula is C53H69N13O5. The third-order valence-electron chi connectivity index (χ3n) is 15.3. The Balaban J connectivity index is 0.713. The Labute approximate surface area is 417 Å². The highest BCUT2D eigenvalue weighted by Gasteiger charge is 2.49. The molecule has 4 aliphatic heterocycles. The molecule has 4 aromatic rings. The number of aromatic nitrogens is 4. The van der Waals surface area contributed by atoms with Crippen LogP contribution in [-0.2, 0) is 16.1 Å². The molecule has 3 atom stereocenters. The number of phenolic OH excluding ortho intramolecular Hbond substituents is 1. The number of aliphatic hydroxyl groups excluding tert-OH is 1. The maximum atomic E-state index is 14.2. The number of para-hydroxylation sites is 1. The van der Waals surface area contributed by atoms with E-state index in [1.807, 2.05) is 82.6 Å². The van der Waals surface area contributed by atoms with Crippen molar-refractivity contribution in [2.24, 2.45) is 10.8 Å². The Morgan fingerprint density at radius 1 is 0.873 bits per heavy atom. The van der Waals surface area contributed by atoms with Crippen LogP contribution in [0.1, 0.15) is 70.9 Å². The molecule has 4 amide bonds. The third-order valence-corrected chi connectivity index (χ3v) is 15.3. The number of urea groups is 1. The van der Waals surface area contributed by atoms with Crippen LogP contribution in [0.4, 0.5) is 27.9 Å². The second-order valence-corrected chi connectivity index (χ2v) is 21.0. The van der Waals surface area contributed by atoms with E-state index in [0.717, 1.165) is 119 Å². The second-order valence-electron chi connectivity index (χ2n) is 21.0. The van der Waals surface area contributed by atoms with Gasteiger partial charge in [-0.05, 0) is 79.3 Å². The number of anilines is 4. The van der Waals surface area contributed by atoms with Gasteiger partial charge < -0.3 is 50.7 Å². The number of rotatable bonds is 12. The lowest BCUT2D eigenvalue weighted by Crippen LogP contribution is -2.63. The average molecular weight is 968 g/mol. The molecule has 1 saturated carbocycles. The molecule has 0 bridgehead atoms. The molecule has 1 aliphatic carbocycles. The Hall–Kier alpha value is -6.71. The van der Waals surface area contributed by atoms with Crippen LogP contribution in [0.5, 0.6) is 5.75 Å². The van der Waals surface area contributed by atoms with Crippen molar-refractivity contribution < 1.29 is 24.6 Å². The smallest absolute Gasteiger partial charge is 0.318 e. The number of piperazine rings is 2. The minimum absolute atomic E-state index is 0.0220. The number of terminal acetylenes is 1. The van der Waals surface area contributed by atoms with Gasteiger partial charge in [0.05, 0.1) is 35.6 Å². The topological polar surface area (TPSA) is 199 Å². The zero-order valence-electron chi connectivity index (χ0n) is 41.6. The summed E-state index contributed by atoms with van der Waals surface area (Å²) in [6.45, 7) is 16.4. The number of amides is 4. The quantitative estimate of drug-likeness (QED) is 0.127. The van der Waals surface area contributed by atoms with Crippen LogP contribution in [0.3, 0.4) is 0 Å². The lowest BCUT2D eigenvalue weighted by atomic mass is 9.60. The number of likely N-dealkylation sites (tertiary alicyclic amines) is 1. The molecule has 0 unspecified atom stereocenters. The molecule has 376 valence electrons. The fourth-order valence-electron chi connectivity index (χ4n) is 11.0. The molecule has 5 N–H and O–H groups in total. The number of carbonyl (C=O) groups is 3. The molecule has 2 aromatic carbocycles. The van der Waals surface area contributed by atoms with Gasteiger partial charge in [-0.3, -0.25) is 14.5 Å². The minimum atomic E-state index is -0.893. The molecule has 9 rings (SSSR count). The van der Waals surface area contributed by atoms with Crippen LogP contribution in [0.2, 0.25) is 0 Å². The van der Waals surface area contributed by atoms with E-state index in [2.05, 4.69) is 51.7 Å². The first kappa shape index (κ1) is 49.3. The minimum Gasteiger partial charge on any atom is -0.507 e. The van der Waals surface area contributed by atoms with Crippen LogP contribution in [0, 0.1) is 23.2 Å². The van der Waals surface area contributed by atoms with Crippen molar-refractivity contribution in [3.8, 4) is 29.4 Å². The number of piperidine rings is 1. The van der Waals surface area contributed by atoms with E-state index in [-0.39, 0.29) is 43.1 Å². The first-order valence-electron chi connectivity index (χ1n) is 25.3. The summed E-state index contributed by atoms with van der Waals surface area (Å²) in [5, 5.41) is 39.3. The van der Waals surface area contributed by atoms with Crippen molar-refractivity contribution >= 4 is 41.0 Å². The highest BCUT2D eigenvalue weighted by atomic mass is 16.3. The summed E-state index contributed by atoms with van der Waals surface area (Å²) in [4.78, 5) is 63.8. The first-order chi connectivity index (χ1) is 34.2. The number of phenols is 1. The lowest BCUT2D eigenvalue weighted by molar-refractivity contribution is -0.142. The van der Waals surface area contributed by atoms with Gasteiger partial charge in [-0.1, -0.05) is 51.0 Å². The third kappa shape index (κ3) is 11.0. The van der Waals surface area contributed by atoms with Crippen molar-refractivity contribution in [2.75, 3.05) is 98.6 Å². The second kappa shape index (κ2) is 20.9. The van der Waals surface area contributed by atoms with E-state index in [0.29, 0.717) is 35.8 Å². The molecule has 5 fully saturated rings. The Bertz CT molecular complexity index is 2550. The van der Waals surface area contributed by atoms with Crippen molar-refractivity contribution in [1.29, 1.82) is 0 Å². The molecule has 6 heterocycles. The summed E-state index contributed by atoms with van der Waals surface area (Å²) in [6.07, 6.45) is 13.3. The van der Waals surface area contributed by atoms with E-state index in [9.17, 15) is 24.6 Å². The Morgan fingerprint density at radius 2 is 1.55 bits per heavy atom. The van der Waals surface area contributed by atoms with Crippen molar-refractivity contribution in [2.45, 2.75) is 90.6 Å². The van der Waals surface area contributed by atoms with Gasteiger partial charge in [0, 0.05) is 109 Å². The van der Waals surface area contributed by atoms with E-state index in [1.54, 1.807) is 17.0 Å². The monoisotopic (exact) mass is 968 g/mol. The van der Waals surface area contributed by atoms with Crippen LogP contribution in [-0.4, -0.2) is 166 Å². The Morgan fingerprint density at radius 3 is 2.20 bits per heavy atom. The van der Waals surface area contributed by atoms with Gasteiger partial charge in [0.1, 0.15) is 17.8 Å². The maximum Gasteiger partial charge on any atom is 0.318 e. The number of nitrogens with zero attached hydrogens (tertiary/aromatic N) is 10. The van der Waals surface area contributed by atoms with E-state index in [4.69, 9.17) is 16.4 Å². The molecule has 4 saturated heterocycles. The van der Waals surface area contributed by atoms with Crippen molar-refractivity contribution in [3.63, 3.8) is 0 Å². The predicted octanol–water partition coefficient (Wildman–Crippen LogP) is 4.15. The summed E-state index contributed by atoms with van der Waals surface area (Å²) in [6, 6.07) is 15.0. The number of aliphatic hydroxyl groups is 1. The molecule has 71 heavy (non-hydrogen) atoms. The molecule has 0 radical (unpaired) electrons. The van der Waals surface area contributed by atoms with Crippen molar-refractivity contribution in [3.05, 3.63) is 78.1 Å². The number of carbonyl (C=O) groups excluding carboxylic acids is 3. The average Bonchev–Trinajstić information content (AvgIpc) is 3.78. The summed E-state index contributed by atoms with van der Waals surface area (Å²) in [7, 11) is 0. The fourth-order valence-corrected chi connectivity index (χ4v) is 11.0. The molecule has 5 aliphatic rings. The highest BCUT2D eigenvalue weighted by molar-refractivity contribution is 5.93. The van der Waals surface area contributed by atoms with Crippen LogP contribution in [0.15, 0.2) is 67.0 Å². The maximum absolute atomic E-state index is 14.2. The number of aromatic hydroxyl groups is 1. The van der Waals surface area contributed by atoms with Gasteiger partial charge in [0.25, 0.3) is 0 Å². The Kier molecular flexibility index (Phi) is 14.5. The summed E-state index contributed by atoms with van der Waals surface area (Å²) >= 11 is 0. The first-order valence-corrected chi connectivity index (χ1v) is 25.3. The van der Waals surface area contributed by atoms with Gasteiger partial charge in [-0.15, -0.1) is 16.6 Å². The number of nitrogens with one attached hydrogen (secondary N) is 3. The summed E-state index contributed by atoms with van der Waals surface area (Å²) < 4.78 is 0. The molecule has 18 nitrogen and oxygen atoms in total. The van der Waals surface area contributed by atoms with E-state index < -0.39 is 23.6 Å². The number of hydrogen-bond acceptors (Lipinski definition) is 14. The van der Waals surface area contributed by atoms with Crippen molar-refractivity contribution in [1.82, 2.24) is 45.5 Å². The highest BCUT2D eigenvalue weighted by Crippen LogP contribution is 2.51. The van der Waals surface area contributed by atoms with E-state index >= 15 is 0 Å². The fraction of sp³-hybridized carbons (Fsp3) is 0.528. The van der Waals surface area contributed by atoms with Crippen LogP contribution >= 0.6 is 0 Å². The lowest BCUT2D eigenvalue weighted by Gasteiger charge is -2.56. The van der Waals surface area contributed by atoms with Gasteiger partial charge >= 0.3 is 6.03 Å². The normalized spacial score (nSPS) is 21.1. The SMILES string of the molecule is C#Cc1ccc(CNC(=O)[C@@H]2C[C@@H](O)CN2C(=O)[C@@H](NC(=O)N2CCN(C3CC4(CCN(c5cnc(N6CCN(c7cc(-c8ccccc8O)nnc7NCC)CC6)nc5)CC4)C3)CC2)C(C)(C)C)cc1. The summed E-state index contributed by atoms with van der Waals surface area (Å²) in [5.74, 6) is 3.50. The molecule has 2 aromatic heterocycles. The largest absolute Gasteiger partial charge is 0.507 e. The van der Waals surface area contributed by atoms with E-state index in [1.165, 1.54) is 4.90 Å². The van der Waals surface area contributed by atoms with Gasteiger partial charge in [0.15, 0.2) is 5.82 Å². The zero-order chi connectivity index (χ0) is 49.9. The number of β-amino-alcohol motifs (C(OH)–C–C–N with tert-alkyl or cyclic N) is 1. The van der Waals surface area contributed by atoms with Crippen LogP contribution < -0.4 is 30.7 Å². The molecule has 18 heteroatoms. The summed E-state index contributed by atoms with van der Waals surface area (Å²) in [5.41, 5.74) is 4.60. The van der Waals surface area contributed by atoms with Gasteiger partial charge in [-0.2, -0.15) is 0 Å². The van der Waals surface area contributed by atoms with Gasteiger partial charge in [-0.25, -0.2) is 14.8 Å². The standard InChI is InChI=1S/C53H69N13O5/c1-6-36-12-14-37(15-13-36)32-55-48(69)44-28-40(67)35-66(44)49(70)46(52(3,4)5)58-51(71)65-26-20-62(21-27-65)38-30-53(31-38)16-18-61(19-17-53)39-33-56-50(57-34-39)64-24-22-63(23-25-64)43-29-42(59-60-47(43)54-7-2)41-10-8-9-11-45(41)68/h1,8-15,29,33-34,38,40,44,46,67-68H,7,16-28,30-32,35H2,2-5H3,(H,54,60)(H,55,69)(H,58,71)/t40-,44+,46-/m1/s1. The predicted molar refractivity (Wildman–Crippen MR) is 274 cm³/mol. The number of benzene rings is 2. The van der Waals surface area contributed by atoms with Crippen LogP contribution in [0.25, 0.3) is 11.3 Å². The zero-order valence-corrected chi connectivity index (χ0v) is 41.6. The molecular weight excluding hydrogens is 899 g/mol. The number of hydrogen-bond donors (Lipinski definition) is 5. The van der Waals surface area contributed by atoms with Gasteiger partial charge in [0.2, 0.25) is 17.8 Å². The molecule has 1 spiro atoms.